The van der Waals surface area contributed by atoms with Crippen LogP contribution in [0.4, 0.5) is 4.39 Å². The Morgan fingerprint density at radius 1 is 1.32 bits per heavy atom. The maximum atomic E-state index is 13.3. The van der Waals surface area contributed by atoms with Gasteiger partial charge < -0.3 is 5.11 Å². The molecule has 0 aromatic heterocycles. The number of carboxylic acids is 1. The minimum Gasteiger partial charge on any atom is -0.478 e. The van der Waals surface area contributed by atoms with Crippen molar-refractivity contribution in [3.63, 3.8) is 0 Å². The van der Waals surface area contributed by atoms with E-state index < -0.39 is 5.97 Å². The third-order valence-electron chi connectivity index (χ3n) is 3.36. The van der Waals surface area contributed by atoms with Crippen LogP contribution in [0.25, 0.3) is 6.08 Å². The van der Waals surface area contributed by atoms with E-state index in [-0.39, 0.29) is 5.82 Å². The molecule has 0 spiro atoms. The maximum absolute atomic E-state index is 13.3. The molecule has 0 radical (unpaired) electrons. The summed E-state index contributed by atoms with van der Waals surface area (Å²) in [5.41, 5.74) is 1.62. The largest absolute Gasteiger partial charge is 0.478 e. The molecule has 4 heteroatoms. The summed E-state index contributed by atoms with van der Waals surface area (Å²) in [5, 5.41) is 8.67. The van der Waals surface area contributed by atoms with Gasteiger partial charge in [-0.3, -0.25) is 4.90 Å². The second-order valence-electron chi connectivity index (χ2n) is 4.85. The zero-order chi connectivity index (χ0) is 13.7. The first-order valence-corrected chi connectivity index (χ1v) is 6.57. The molecule has 2 rings (SSSR count). The van der Waals surface area contributed by atoms with E-state index in [1.807, 2.05) is 0 Å². The van der Waals surface area contributed by atoms with Crippen molar-refractivity contribution < 1.29 is 14.3 Å². The van der Waals surface area contributed by atoms with E-state index in [2.05, 4.69) is 4.90 Å². The van der Waals surface area contributed by atoms with Gasteiger partial charge >= 0.3 is 5.97 Å². The predicted octanol–water partition coefficient (Wildman–Crippen LogP) is 2.91. The molecule has 1 saturated heterocycles. The predicted molar refractivity (Wildman–Crippen MR) is 72.2 cm³/mol. The molecule has 19 heavy (non-hydrogen) atoms. The summed E-state index contributed by atoms with van der Waals surface area (Å²) in [5.74, 6) is -1.36. The van der Waals surface area contributed by atoms with Crippen molar-refractivity contribution >= 4 is 12.0 Å². The summed E-state index contributed by atoms with van der Waals surface area (Å²) in [7, 11) is 0. The standard InChI is InChI=1S/C15H18FNO2/c16-14-6-4-13(11-17-8-2-1-3-9-17)12(10-14)5-7-15(18)19/h4-7,10H,1-3,8-9,11H2,(H,18,19)/b7-5+. The first kappa shape index (κ1) is 13.7. The lowest BCUT2D eigenvalue weighted by Crippen LogP contribution is -2.29. The number of nitrogens with zero attached hydrogens (tertiary/aromatic N) is 1. The summed E-state index contributed by atoms with van der Waals surface area (Å²) in [4.78, 5) is 12.9. The van der Waals surface area contributed by atoms with E-state index >= 15 is 0 Å². The van der Waals surface area contributed by atoms with Crippen LogP contribution in [-0.4, -0.2) is 29.1 Å². The number of carboxylic acid groups (broad SMARTS) is 1. The Hall–Kier alpha value is -1.68. The van der Waals surface area contributed by atoms with Crippen LogP contribution in [0.15, 0.2) is 24.3 Å². The number of rotatable bonds is 4. The molecule has 0 saturated carbocycles. The van der Waals surface area contributed by atoms with Crippen LogP contribution in [0.5, 0.6) is 0 Å². The van der Waals surface area contributed by atoms with Gasteiger partial charge in [-0.15, -0.1) is 0 Å². The lowest BCUT2D eigenvalue weighted by molar-refractivity contribution is -0.131. The average Bonchev–Trinajstić information content (AvgIpc) is 2.40. The second-order valence-corrected chi connectivity index (χ2v) is 4.85. The molecule has 1 heterocycles. The Bertz CT molecular complexity index is 479. The quantitative estimate of drug-likeness (QED) is 0.849. The van der Waals surface area contributed by atoms with Crippen LogP contribution in [0.3, 0.4) is 0 Å². The van der Waals surface area contributed by atoms with Crippen LogP contribution in [0.1, 0.15) is 30.4 Å². The molecule has 0 atom stereocenters. The van der Waals surface area contributed by atoms with Crippen molar-refractivity contribution in [1.29, 1.82) is 0 Å². The number of halogens is 1. The van der Waals surface area contributed by atoms with E-state index in [0.29, 0.717) is 5.56 Å². The highest BCUT2D eigenvalue weighted by atomic mass is 19.1. The van der Waals surface area contributed by atoms with Gasteiger partial charge in [-0.05, 0) is 55.3 Å². The van der Waals surface area contributed by atoms with Gasteiger partial charge in [-0.2, -0.15) is 0 Å². The molecule has 0 bridgehead atoms. The average molecular weight is 263 g/mol. The van der Waals surface area contributed by atoms with Gasteiger partial charge in [0.1, 0.15) is 5.82 Å². The highest BCUT2D eigenvalue weighted by Crippen LogP contribution is 2.18. The summed E-state index contributed by atoms with van der Waals surface area (Å²) >= 11 is 0. The molecule has 102 valence electrons. The molecular weight excluding hydrogens is 245 g/mol. The minimum absolute atomic E-state index is 0.340. The van der Waals surface area contributed by atoms with Crippen LogP contribution in [0.2, 0.25) is 0 Å². The van der Waals surface area contributed by atoms with E-state index in [0.717, 1.165) is 31.3 Å². The van der Waals surface area contributed by atoms with Gasteiger partial charge in [0.2, 0.25) is 0 Å². The van der Waals surface area contributed by atoms with E-state index in [9.17, 15) is 9.18 Å². The Labute approximate surface area is 112 Å². The Morgan fingerprint density at radius 3 is 2.74 bits per heavy atom. The molecule has 0 aliphatic carbocycles. The highest BCUT2D eigenvalue weighted by molar-refractivity contribution is 5.85. The van der Waals surface area contributed by atoms with Gasteiger partial charge in [0.05, 0.1) is 0 Å². The molecule has 0 amide bonds. The first-order valence-electron chi connectivity index (χ1n) is 6.57. The van der Waals surface area contributed by atoms with Crippen LogP contribution in [-0.2, 0) is 11.3 Å². The molecule has 1 aliphatic rings. The molecule has 1 aromatic carbocycles. The van der Waals surface area contributed by atoms with Crippen LogP contribution >= 0.6 is 0 Å². The minimum atomic E-state index is -1.02. The number of likely N-dealkylation sites (tertiary alicyclic amines) is 1. The third kappa shape index (κ3) is 4.17. The molecule has 1 fully saturated rings. The van der Waals surface area contributed by atoms with Crippen LogP contribution < -0.4 is 0 Å². The molecule has 1 aromatic rings. The van der Waals surface area contributed by atoms with Crippen molar-refractivity contribution in [1.82, 2.24) is 4.90 Å². The fourth-order valence-electron chi connectivity index (χ4n) is 2.38. The lowest BCUT2D eigenvalue weighted by Gasteiger charge is -2.27. The first-order chi connectivity index (χ1) is 9.15. The van der Waals surface area contributed by atoms with E-state index in [4.69, 9.17) is 5.11 Å². The maximum Gasteiger partial charge on any atom is 0.328 e. The third-order valence-corrected chi connectivity index (χ3v) is 3.36. The number of piperidine rings is 1. The van der Waals surface area contributed by atoms with Crippen molar-refractivity contribution in [3.8, 4) is 0 Å². The van der Waals surface area contributed by atoms with Crippen molar-refractivity contribution in [2.75, 3.05) is 13.1 Å². The molecular formula is C15H18FNO2. The monoisotopic (exact) mass is 263 g/mol. The Kier molecular flexibility index (Phi) is 4.68. The molecule has 1 aliphatic heterocycles. The Morgan fingerprint density at radius 2 is 2.05 bits per heavy atom. The zero-order valence-corrected chi connectivity index (χ0v) is 10.8. The van der Waals surface area contributed by atoms with Gasteiger partial charge in [-0.25, -0.2) is 9.18 Å². The van der Waals surface area contributed by atoms with Gasteiger partial charge in [-0.1, -0.05) is 12.5 Å². The number of carbonyl (C=O) groups is 1. The fourth-order valence-corrected chi connectivity index (χ4v) is 2.38. The zero-order valence-electron chi connectivity index (χ0n) is 10.8. The van der Waals surface area contributed by atoms with Gasteiger partial charge in [0.25, 0.3) is 0 Å². The summed E-state index contributed by atoms with van der Waals surface area (Å²) in [6.45, 7) is 2.86. The normalized spacial score (nSPS) is 16.9. The topological polar surface area (TPSA) is 40.5 Å². The van der Waals surface area contributed by atoms with Gasteiger partial charge in [0, 0.05) is 12.6 Å². The van der Waals surface area contributed by atoms with E-state index in [1.54, 1.807) is 6.07 Å². The number of hydrogen-bond donors (Lipinski definition) is 1. The van der Waals surface area contributed by atoms with Crippen molar-refractivity contribution in [3.05, 3.63) is 41.2 Å². The Balaban J connectivity index is 2.15. The number of benzene rings is 1. The molecule has 1 N–H and O–H groups in total. The van der Waals surface area contributed by atoms with E-state index in [1.165, 1.54) is 37.5 Å². The summed E-state index contributed by atoms with van der Waals surface area (Å²) in [6.07, 6.45) is 6.17. The van der Waals surface area contributed by atoms with Crippen molar-refractivity contribution in [2.24, 2.45) is 0 Å². The van der Waals surface area contributed by atoms with Crippen molar-refractivity contribution in [2.45, 2.75) is 25.8 Å². The molecule has 3 nitrogen and oxygen atoms in total. The number of hydrogen-bond acceptors (Lipinski definition) is 2. The molecule has 0 unspecified atom stereocenters. The summed E-state index contributed by atoms with van der Waals surface area (Å²) < 4.78 is 13.3. The van der Waals surface area contributed by atoms with Gasteiger partial charge in [0.15, 0.2) is 0 Å². The fraction of sp³-hybridized carbons (Fsp3) is 0.400. The van der Waals surface area contributed by atoms with Crippen LogP contribution in [0, 0.1) is 5.82 Å². The summed E-state index contributed by atoms with van der Waals surface area (Å²) in [6, 6.07) is 4.56. The highest BCUT2D eigenvalue weighted by Gasteiger charge is 2.12. The number of aliphatic carboxylic acids is 1. The lowest BCUT2D eigenvalue weighted by atomic mass is 10.0. The second kappa shape index (κ2) is 6.48. The smallest absolute Gasteiger partial charge is 0.328 e. The SMILES string of the molecule is O=C(O)/C=C/c1cc(F)ccc1CN1CCCCC1.